The van der Waals surface area contributed by atoms with Crippen LogP contribution in [0.2, 0.25) is 0 Å². The molecule has 4 fully saturated rings. The van der Waals surface area contributed by atoms with Crippen LogP contribution in [0.1, 0.15) is 77.0 Å². The van der Waals surface area contributed by atoms with Crippen molar-refractivity contribution in [1.82, 2.24) is 0 Å². The first-order chi connectivity index (χ1) is 12.8. The standard InChI is InChI=1S/C23H38O3/c1-25-15-26-13-7-5-3-2-4-6-8-16-9-10-17-19(14-16)23-21(17)18-11-12-20(24)22(18)23/h16-19,21-23H,2-15H2,1H3/t16-,17+,18+,19-,21+,22-,23+/m0/s1. The van der Waals surface area contributed by atoms with E-state index in [4.69, 9.17) is 9.47 Å². The fourth-order valence-electron chi connectivity index (χ4n) is 7.20. The summed E-state index contributed by atoms with van der Waals surface area (Å²) < 4.78 is 10.2. The molecule has 0 heterocycles. The van der Waals surface area contributed by atoms with Gasteiger partial charge in [-0.2, -0.15) is 0 Å². The molecule has 0 spiro atoms. The highest BCUT2D eigenvalue weighted by Gasteiger charge is 2.69. The lowest BCUT2D eigenvalue weighted by molar-refractivity contribution is -0.211. The Labute approximate surface area is 159 Å². The van der Waals surface area contributed by atoms with Crippen LogP contribution in [0.25, 0.3) is 0 Å². The van der Waals surface area contributed by atoms with Crippen LogP contribution in [0.15, 0.2) is 0 Å². The van der Waals surface area contributed by atoms with E-state index in [1.165, 1.54) is 70.6 Å². The Balaban J connectivity index is 1.06. The Morgan fingerprint density at radius 2 is 1.69 bits per heavy atom. The number of rotatable bonds is 11. The summed E-state index contributed by atoms with van der Waals surface area (Å²) in [4.78, 5) is 12.1. The van der Waals surface area contributed by atoms with Crippen LogP contribution < -0.4 is 0 Å². The van der Waals surface area contributed by atoms with E-state index >= 15 is 0 Å². The predicted molar refractivity (Wildman–Crippen MR) is 103 cm³/mol. The molecule has 0 saturated heterocycles. The number of carbonyl (C=O) groups is 1. The average molecular weight is 363 g/mol. The SMILES string of the molecule is COCOCCCCCCCC[C@H]1CC[C@@H]2[C@H](C1)[C@H]1[C@@H]3C(=O)CC[C@@H]3[C@@H]21. The molecule has 7 atom stereocenters. The zero-order valence-corrected chi connectivity index (χ0v) is 16.7. The number of ketones is 1. The van der Waals surface area contributed by atoms with E-state index in [9.17, 15) is 4.79 Å². The number of fused-ring (bicyclic) bond motifs is 7. The van der Waals surface area contributed by atoms with Gasteiger partial charge < -0.3 is 9.47 Å². The summed E-state index contributed by atoms with van der Waals surface area (Å²) in [5, 5.41) is 0. The number of methoxy groups -OCH3 is 1. The van der Waals surface area contributed by atoms with Crippen LogP contribution in [0, 0.1) is 41.4 Å². The summed E-state index contributed by atoms with van der Waals surface area (Å²) in [6.45, 7) is 1.27. The average Bonchev–Trinajstić information content (AvgIpc) is 2.92. The van der Waals surface area contributed by atoms with Gasteiger partial charge in [0.2, 0.25) is 0 Å². The summed E-state index contributed by atoms with van der Waals surface area (Å²) in [6.07, 6.45) is 16.0. The molecule has 0 aliphatic heterocycles. The van der Waals surface area contributed by atoms with E-state index in [-0.39, 0.29) is 0 Å². The summed E-state index contributed by atoms with van der Waals surface area (Å²) in [6, 6.07) is 0. The summed E-state index contributed by atoms with van der Waals surface area (Å²) in [5.74, 6) is 6.71. The van der Waals surface area contributed by atoms with Gasteiger partial charge in [-0.3, -0.25) is 4.79 Å². The highest BCUT2D eigenvalue weighted by Crippen LogP contribution is 2.72. The lowest BCUT2D eigenvalue weighted by Crippen LogP contribution is -2.65. The van der Waals surface area contributed by atoms with Crippen LogP contribution in [-0.2, 0) is 14.3 Å². The topological polar surface area (TPSA) is 35.5 Å². The molecule has 0 aromatic rings. The summed E-state index contributed by atoms with van der Waals surface area (Å²) >= 11 is 0. The minimum absolute atomic E-state index is 0.431. The maximum absolute atomic E-state index is 12.1. The van der Waals surface area contributed by atoms with Gasteiger partial charge in [0.15, 0.2) is 0 Å². The first kappa shape index (κ1) is 18.9. The Bertz CT molecular complexity index is 476. The zero-order valence-electron chi connectivity index (χ0n) is 16.7. The highest BCUT2D eigenvalue weighted by atomic mass is 16.7. The van der Waals surface area contributed by atoms with Crippen molar-refractivity contribution in [3.63, 3.8) is 0 Å². The van der Waals surface area contributed by atoms with Gasteiger partial charge in [-0.25, -0.2) is 0 Å². The Morgan fingerprint density at radius 1 is 0.885 bits per heavy atom. The zero-order chi connectivity index (χ0) is 17.9. The minimum Gasteiger partial charge on any atom is -0.359 e. The first-order valence-electron chi connectivity index (χ1n) is 11.4. The molecule has 0 N–H and O–H groups in total. The van der Waals surface area contributed by atoms with Gasteiger partial charge in [-0.15, -0.1) is 0 Å². The quantitative estimate of drug-likeness (QED) is 0.373. The van der Waals surface area contributed by atoms with Gasteiger partial charge in [-0.1, -0.05) is 44.9 Å². The number of ether oxygens (including phenoxy) is 2. The van der Waals surface area contributed by atoms with Crippen LogP contribution in [0.4, 0.5) is 0 Å². The van der Waals surface area contributed by atoms with E-state index in [2.05, 4.69) is 0 Å². The fraction of sp³-hybridized carbons (Fsp3) is 0.957. The number of unbranched alkanes of at least 4 members (excludes halogenated alkanes) is 5. The second-order valence-electron chi connectivity index (χ2n) is 9.58. The predicted octanol–water partition coefficient (Wildman–Crippen LogP) is 5.23. The number of hydrogen-bond acceptors (Lipinski definition) is 3. The van der Waals surface area contributed by atoms with E-state index in [1.54, 1.807) is 7.11 Å². The third kappa shape index (κ3) is 3.63. The van der Waals surface area contributed by atoms with Crippen molar-refractivity contribution >= 4 is 5.78 Å². The normalized spacial score (nSPS) is 40.3. The Hall–Kier alpha value is -0.410. The van der Waals surface area contributed by atoms with Crippen LogP contribution in [0.5, 0.6) is 0 Å². The first-order valence-corrected chi connectivity index (χ1v) is 11.4. The van der Waals surface area contributed by atoms with E-state index in [0.717, 1.165) is 48.5 Å². The number of carbonyl (C=O) groups excluding carboxylic acids is 1. The van der Waals surface area contributed by atoms with Crippen molar-refractivity contribution in [2.24, 2.45) is 41.4 Å². The van der Waals surface area contributed by atoms with Crippen LogP contribution in [0.3, 0.4) is 0 Å². The fourth-order valence-corrected chi connectivity index (χ4v) is 7.20. The third-order valence-electron chi connectivity index (χ3n) is 8.32. The molecule has 0 aromatic carbocycles. The maximum atomic E-state index is 12.1. The number of hydrogen-bond donors (Lipinski definition) is 0. The van der Waals surface area contributed by atoms with Gasteiger partial charge >= 0.3 is 0 Å². The molecular formula is C23H38O3. The number of Topliss-reactive ketones (excluding diaryl/α,β-unsaturated/α-hetero) is 1. The van der Waals surface area contributed by atoms with Gasteiger partial charge in [0.05, 0.1) is 0 Å². The lowest BCUT2D eigenvalue weighted by atomic mass is 9.36. The lowest BCUT2D eigenvalue weighted by Gasteiger charge is -2.68. The molecule has 0 unspecified atom stereocenters. The van der Waals surface area contributed by atoms with E-state index in [0.29, 0.717) is 18.5 Å². The molecule has 4 rings (SSSR count). The van der Waals surface area contributed by atoms with E-state index in [1.807, 2.05) is 0 Å². The molecule has 148 valence electrons. The molecule has 4 aliphatic carbocycles. The molecule has 4 aliphatic rings. The maximum Gasteiger partial charge on any atom is 0.146 e. The van der Waals surface area contributed by atoms with Crippen molar-refractivity contribution < 1.29 is 14.3 Å². The van der Waals surface area contributed by atoms with Gasteiger partial charge in [0.1, 0.15) is 12.6 Å². The van der Waals surface area contributed by atoms with Crippen molar-refractivity contribution in [1.29, 1.82) is 0 Å². The Kier molecular flexibility index (Phi) is 6.36. The third-order valence-corrected chi connectivity index (χ3v) is 8.32. The monoisotopic (exact) mass is 362 g/mol. The molecule has 0 aromatic heterocycles. The van der Waals surface area contributed by atoms with Crippen molar-refractivity contribution in [3.8, 4) is 0 Å². The molecule has 4 saturated carbocycles. The van der Waals surface area contributed by atoms with Gasteiger partial charge in [0.25, 0.3) is 0 Å². The molecule has 0 radical (unpaired) electrons. The smallest absolute Gasteiger partial charge is 0.146 e. The molecule has 26 heavy (non-hydrogen) atoms. The Morgan fingerprint density at radius 3 is 2.54 bits per heavy atom. The molecular weight excluding hydrogens is 324 g/mol. The van der Waals surface area contributed by atoms with Gasteiger partial charge in [0, 0.05) is 26.1 Å². The van der Waals surface area contributed by atoms with Crippen molar-refractivity contribution in [3.05, 3.63) is 0 Å². The largest absolute Gasteiger partial charge is 0.359 e. The van der Waals surface area contributed by atoms with Crippen LogP contribution >= 0.6 is 0 Å². The minimum atomic E-state index is 0.431. The van der Waals surface area contributed by atoms with E-state index < -0.39 is 0 Å². The molecule has 3 nitrogen and oxygen atoms in total. The summed E-state index contributed by atoms with van der Waals surface area (Å²) in [5.41, 5.74) is 0. The second kappa shape index (κ2) is 8.73. The second-order valence-corrected chi connectivity index (χ2v) is 9.58. The van der Waals surface area contributed by atoms with Crippen molar-refractivity contribution in [2.45, 2.75) is 77.0 Å². The van der Waals surface area contributed by atoms with Crippen LogP contribution in [-0.4, -0.2) is 26.3 Å². The van der Waals surface area contributed by atoms with Gasteiger partial charge in [-0.05, 0) is 61.2 Å². The highest BCUT2D eigenvalue weighted by molar-refractivity contribution is 5.85. The van der Waals surface area contributed by atoms with Crippen molar-refractivity contribution in [2.75, 3.05) is 20.5 Å². The molecule has 0 bridgehead atoms. The molecule has 3 heteroatoms. The molecule has 0 amide bonds. The summed E-state index contributed by atoms with van der Waals surface area (Å²) in [7, 11) is 1.67.